The zero-order chi connectivity index (χ0) is 27.9. The Morgan fingerprint density at radius 2 is 1.90 bits per heavy atom. The van der Waals surface area contributed by atoms with Crippen molar-refractivity contribution in [3.05, 3.63) is 69.8 Å². The summed E-state index contributed by atoms with van der Waals surface area (Å²) in [6, 6.07) is 7.25. The summed E-state index contributed by atoms with van der Waals surface area (Å²) in [5, 5.41) is 3.91. The van der Waals surface area contributed by atoms with Crippen molar-refractivity contribution in [1.82, 2.24) is 19.6 Å². The molecule has 2 aliphatic rings. The van der Waals surface area contributed by atoms with Crippen LogP contribution in [0.25, 0.3) is 10.9 Å². The van der Waals surface area contributed by atoms with Gasteiger partial charge >= 0.3 is 12.1 Å². The molecule has 0 radical (unpaired) electrons. The second kappa shape index (κ2) is 10.1. The van der Waals surface area contributed by atoms with E-state index in [4.69, 9.17) is 0 Å². The number of alkyl halides is 3. The Labute approximate surface area is 218 Å². The monoisotopic (exact) mass is 546 g/mol. The number of carbonyl (C=O) groups is 3. The molecule has 0 spiro atoms. The smallest absolute Gasteiger partial charge is 0.418 e. The third kappa shape index (κ3) is 5.20. The van der Waals surface area contributed by atoms with Gasteiger partial charge in [0.15, 0.2) is 5.75 Å². The minimum atomic E-state index is -5.27. The molecule has 2 aromatic carbocycles. The van der Waals surface area contributed by atoms with Crippen molar-refractivity contribution in [3.63, 3.8) is 0 Å². The number of aromatic nitrogens is 2. The van der Waals surface area contributed by atoms with Crippen LogP contribution in [0, 0.1) is 5.82 Å². The molecular formula is C26H22F4N4O5. The molecule has 2 aliphatic heterocycles. The number of hydrogen-bond acceptors (Lipinski definition) is 6. The molecule has 204 valence electrons. The summed E-state index contributed by atoms with van der Waals surface area (Å²) in [6.07, 6.45) is -1.74. The fourth-order valence-electron chi connectivity index (χ4n) is 5.02. The Kier molecular flexibility index (Phi) is 6.83. The van der Waals surface area contributed by atoms with E-state index < -0.39 is 35.0 Å². The van der Waals surface area contributed by atoms with Gasteiger partial charge in [0.1, 0.15) is 17.9 Å². The highest BCUT2D eigenvalue weighted by molar-refractivity contribution is 5.97. The van der Waals surface area contributed by atoms with E-state index in [1.807, 2.05) is 0 Å². The number of hydrogen-bond donors (Lipinski definition) is 0. The highest BCUT2D eigenvalue weighted by Gasteiger charge is 2.42. The molecule has 0 saturated carbocycles. The molecule has 3 heterocycles. The molecule has 3 aromatic rings. The predicted molar refractivity (Wildman–Crippen MR) is 128 cm³/mol. The first-order valence-corrected chi connectivity index (χ1v) is 12.2. The van der Waals surface area contributed by atoms with E-state index in [1.165, 1.54) is 29.2 Å². The number of para-hydroxylation sites is 1. The van der Waals surface area contributed by atoms with Gasteiger partial charge in [0.2, 0.25) is 11.3 Å². The fraction of sp³-hybridized carbons (Fsp3) is 0.346. The molecule has 0 aliphatic carbocycles. The maximum absolute atomic E-state index is 14.8. The lowest BCUT2D eigenvalue weighted by molar-refractivity contribution is -0.189. The van der Waals surface area contributed by atoms with Crippen LogP contribution in [0.3, 0.4) is 0 Å². The van der Waals surface area contributed by atoms with Crippen molar-refractivity contribution >= 4 is 28.7 Å². The number of benzene rings is 2. The number of amides is 2. The van der Waals surface area contributed by atoms with E-state index in [0.717, 1.165) is 42.3 Å². The van der Waals surface area contributed by atoms with E-state index in [-0.39, 0.29) is 48.0 Å². The normalized spacial score (nSPS) is 17.7. The quantitative estimate of drug-likeness (QED) is 0.284. The Morgan fingerprint density at radius 1 is 1.10 bits per heavy atom. The van der Waals surface area contributed by atoms with Crippen LogP contribution in [0.2, 0.25) is 0 Å². The zero-order valence-corrected chi connectivity index (χ0v) is 20.4. The Balaban J connectivity index is 1.46. The van der Waals surface area contributed by atoms with Gasteiger partial charge in [0, 0.05) is 19.1 Å². The summed E-state index contributed by atoms with van der Waals surface area (Å²) < 4.78 is 58.9. The number of piperazine rings is 1. The highest BCUT2D eigenvalue weighted by atomic mass is 19.4. The van der Waals surface area contributed by atoms with E-state index in [9.17, 15) is 36.7 Å². The van der Waals surface area contributed by atoms with Crippen LogP contribution in [0.1, 0.15) is 35.2 Å². The third-order valence-corrected chi connectivity index (χ3v) is 6.86. The molecular weight excluding hydrogens is 524 g/mol. The molecule has 0 N–H and O–H groups in total. The van der Waals surface area contributed by atoms with Crippen molar-refractivity contribution in [1.29, 1.82) is 0 Å². The first kappa shape index (κ1) is 26.3. The average molecular weight is 546 g/mol. The van der Waals surface area contributed by atoms with Crippen LogP contribution < -0.4 is 10.2 Å². The van der Waals surface area contributed by atoms with Gasteiger partial charge in [-0.25, -0.2) is 9.18 Å². The lowest BCUT2D eigenvalue weighted by Crippen LogP contribution is -2.59. The SMILES string of the molecule is O=C(c1cc(Cn2ncc(=O)c3cccc(OC(=O)C(F)(F)F)c32)ccc1F)N1CC(=O)N2CCCCC2C1. The molecule has 9 nitrogen and oxygen atoms in total. The lowest BCUT2D eigenvalue weighted by atomic mass is 9.98. The minimum absolute atomic E-state index is 0.0558. The molecule has 13 heteroatoms. The van der Waals surface area contributed by atoms with Crippen LogP contribution in [-0.4, -0.2) is 69.2 Å². The molecule has 39 heavy (non-hydrogen) atoms. The number of carbonyl (C=O) groups excluding carboxylic acids is 3. The van der Waals surface area contributed by atoms with Gasteiger partial charge in [-0.05, 0) is 49.1 Å². The van der Waals surface area contributed by atoms with E-state index >= 15 is 0 Å². The van der Waals surface area contributed by atoms with E-state index in [2.05, 4.69) is 9.84 Å². The second-order valence-electron chi connectivity index (χ2n) is 9.44. The summed E-state index contributed by atoms with van der Waals surface area (Å²) in [4.78, 5) is 52.7. The summed E-state index contributed by atoms with van der Waals surface area (Å²) in [6.45, 7) is 0.552. The van der Waals surface area contributed by atoms with Crippen LogP contribution in [0.5, 0.6) is 5.75 Å². The molecule has 2 fully saturated rings. The number of esters is 1. The number of fused-ring (bicyclic) bond motifs is 2. The van der Waals surface area contributed by atoms with Crippen LogP contribution >= 0.6 is 0 Å². The third-order valence-electron chi connectivity index (χ3n) is 6.86. The van der Waals surface area contributed by atoms with Crippen molar-refractivity contribution in [2.24, 2.45) is 0 Å². The largest absolute Gasteiger partial charge is 0.491 e. The van der Waals surface area contributed by atoms with Gasteiger partial charge in [-0.15, -0.1) is 0 Å². The standard InChI is InChI=1S/C26H22F4N4O5/c27-19-8-7-15(10-18(19)24(37)32-13-16-4-1-2-9-33(16)22(36)14-32)12-34-23-17(20(35)11-31-34)5-3-6-21(23)39-25(38)26(28,29)30/h3,5-8,10-11,16H,1-2,4,9,12-14H2. The van der Waals surface area contributed by atoms with Crippen LogP contribution in [-0.2, 0) is 16.1 Å². The molecule has 0 bridgehead atoms. The van der Waals surface area contributed by atoms with Gasteiger partial charge in [-0.1, -0.05) is 12.1 Å². The summed E-state index contributed by atoms with van der Waals surface area (Å²) in [5.74, 6) is -4.67. The Hall–Kier alpha value is -4.29. The molecule has 2 amide bonds. The number of halogens is 4. The van der Waals surface area contributed by atoms with E-state index in [0.29, 0.717) is 12.1 Å². The van der Waals surface area contributed by atoms with Crippen molar-refractivity contribution < 1.29 is 36.7 Å². The average Bonchev–Trinajstić information content (AvgIpc) is 2.90. The summed E-state index contributed by atoms with van der Waals surface area (Å²) in [7, 11) is 0. The van der Waals surface area contributed by atoms with Gasteiger partial charge in [-0.3, -0.25) is 19.1 Å². The molecule has 1 unspecified atom stereocenters. The lowest BCUT2D eigenvalue weighted by Gasteiger charge is -2.43. The first-order chi connectivity index (χ1) is 18.5. The summed E-state index contributed by atoms with van der Waals surface area (Å²) >= 11 is 0. The summed E-state index contributed by atoms with van der Waals surface area (Å²) in [5.41, 5.74) is -0.748. The Morgan fingerprint density at radius 3 is 2.67 bits per heavy atom. The minimum Gasteiger partial charge on any atom is -0.418 e. The number of ether oxygens (including phenoxy) is 1. The van der Waals surface area contributed by atoms with Crippen molar-refractivity contribution in [2.75, 3.05) is 19.6 Å². The predicted octanol–water partition coefficient (Wildman–Crippen LogP) is 2.89. The second-order valence-corrected chi connectivity index (χ2v) is 9.44. The fourth-order valence-corrected chi connectivity index (χ4v) is 5.02. The zero-order valence-electron chi connectivity index (χ0n) is 20.4. The molecule has 1 aromatic heterocycles. The first-order valence-electron chi connectivity index (χ1n) is 12.2. The van der Waals surface area contributed by atoms with Gasteiger partial charge in [0.05, 0.1) is 23.7 Å². The van der Waals surface area contributed by atoms with E-state index in [1.54, 1.807) is 4.90 Å². The molecule has 5 rings (SSSR count). The van der Waals surface area contributed by atoms with Gasteiger partial charge in [0.25, 0.3) is 5.91 Å². The van der Waals surface area contributed by atoms with Gasteiger partial charge in [-0.2, -0.15) is 18.3 Å². The van der Waals surface area contributed by atoms with Crippen LogP contribution in [0.15, 0.2) is 47.4 Å². The number of nitrogens with zero attached hydrogens (tertiary/aromatic N) is 4. The van der Waals surface area contributed by atoms with Gasteiger partial charge < -0.3 is 14.5 Å². The van der Waals surface area contributed by atoms with Crippen molar-refractivity contribution in [2.45, 2.75) is 38.0 Å². The topological polar surface area (TPSA) is 102 Å². The Bertz CT molecular complexity index is 1540. The maximum Gasteiger partial charge on any atom is 0.491 e. The highest BCUT2D eigenvalue weighted by Crippen LogP contribution is 2.28. The maximum atomic E-state index is 14.8. The number of piperidine rings is 1. The molecule has 1 atom stereocenters. The number of rotatable bonds is 4. The molecule has 2 saturated heterocycles. The van der Waals surface area contributed by atoms with Crippen LogP contribution in [0.4, 0.5) is 17.6 Å². The van der Waals surface area contributed by atoms with Crippen molar-refractivity contribution in [3.8, 4) is 5.75 Å².